The first-order valence-corrected chi connectivity index (χ1v) is 10.4. The largest absolute Gasteiger partial charge is 0.314 e. The van der Waals surface area contributed by atoms with E-state index in [0.29, 0.717) is 23.4 Å². The molecule has 0 radical (unpaired) electrons. The van der Waals surface area contributed by atoms with Gasteiger partial charge in [-0.2, -0.15) is 5.26 Å². The second-order valence-corrected chi connectivity index (χ2v) is 6.92. The highest BCUT2D eigenvalue weighted by molar-refractivity contribution is 6.18. The number of pyridine rings is 1. The van der Waals surface area contributed by atoms with Crippen molar-refractivity contribution in [3.05, 3.63) is 66.0 Å². The molecule has 1 saturated heterocycles. The van der Waals surface area contributed by atoms with Gasteiger partial charge in [0.1, 0.15) is 6.07 Å². The lowest BCUT2D eigenvalue weighted by Crippen LogP contribution is -2.43. The standard InChI is InChI=1S/C11H16N2.C6H4N2.C4H9Cl2N/c1-13-8-7-12-11(9-13)10-5-3-2-4-6-10;7-4-6-2-1-3-8-5-6;5-1-3-7-4-2-6/h2-6,11-12H,7-9H2,1H3;1-3,5H;7H,1-4H2. The molecule has 1 aromatic heterocycles. The lowest BCUT2D eigenvalue weighted by molar-refractivity contribution is 0.241. The van der Waals surface area contributed by atoms with Crippen LogP contribution in [-0.4, -0.2) is 61.4 Å². The van der Waals surface area contributed by atoms with E-state index in [9.17, 15) is 0 Å². The van der Waals surface area contributed by atoms with E-state index in [0.717, 1.165) is 32.7 Å². The molecule has 28 heavy (non-hydrogen) atoms. The number of hydrogen-bond donors (Lipinski definition) is 2. The number of benzene rings is 1. The van der Waals surface area contributed by atoms with Crippen LogP contribution in [0.15, 0.2) is 54.9 Å². The van der Waals surface area contributed by atoms with Crippen LogP contribution in [0.4, 0.5) is 0 Å². The van der Waals surface area contributed by atoms with Crippen molar-refractivity contribution < 1.29 is 0 Å². The summed E-state index contributed by atoms with van der Waals surface area (Å²) in [4.78, 5) is 6.10. The summed E-state index contributed by atoms with van der Waals surface area (Å²) in [6.45, 7) is 5.08. The maximum absolute atomic E-state index is 8.25. The van der Waals surface area contributed by atoms with Crippen molar-refractivity contribution in [2.24, 2.45) is 0 Å². The van der Waals surface area contributed by atoms with Gasteiger partial charge in [0.15, 0.2) is 0 Å². The van der Waals surface area contributed by atoms with E-state index < -0.39 is 0 Å². The minimum Gasteiger partial charge on any atom is -0.314 e. The average molecular weight is 422 g/mol. The highest BCUT2D eigenvalue weighted by Crippen LogP contribution is 2.15. The number of likely N-dealkylation sites (N-methyl/N-ethyl adjacent to an activating group) is 1. The Bertz CT molecular complexity index is 645. The topological polar surface area (TPSA) is 64.0 Å². The summed E-state index contributed by atoms with van der Waals surface area (Å²) in [7, 11) is 2.18. The van der Waals surface area contributed by atoms with Gasteiger partial charge in [-0.1, -0.05) is 30.3 Å². The second kappa shape index (κ2) is 16.3. The Morgan fingerprint density at radius 3 is 2.39 bits per heavy atom. The Morgan fingerprint density at radius 2 is 1.89 bits per heavy atom. The van der Waals surface area contributed by atoms with Gasteiger partial charge in [0.05, 0.1) is 5.56 Å². The normalized spacial score (nSPS) is 16.0. The van der Waals surface area contributed by atoms with Crippen LogP contribution in [0, 0.1) is 11.3 Å². The molecule has 5 nitrogen and oxygen atoms in total. The van der Waals surface area contributed by atoms with Gasteiger partial charge in [-0.25, -0.2) is 0 Å². The van der Waals surface area contributed by atoms with E-state index in [2.05, 4.69) is 57.9 Å². The maximum atomic E-state index is 8.25. The number of nitrogens with one attached hydrogen (secondary N) is 2. The van der Waals surface area contributed by atoms with Gasteiger partial charge < -0.3 is 15.5 Å². The number of piperazine rings is 1. The molecule has 0 amide bonds. The van der Waals surface area contributed by atoms with Crippen LogP contribution in [0.2, 0.25) is 0 Å². The molecule has 1 unspecified atom stereocenters. The lowest BCUT2D eigenvalue weighted by atomic mass is 10.1. The van der Waals surface area contributed by atoms with Gasteiger partial charge in [-0.15, -0.1) is 23.2 Å². The highest BCUT2D eigenvalue weighted by atomic mass is 35.5. The van der Waals surface area contributed by atoms with Crippen LogP contribution in [0.3, 0.4) is 0 Å². The molecule has 0 spiro atoms. The van der Waals surface area contributed by atoms with Crippen LogP contribution in [0.25, 0.3) is 0 Å². The Labute approximate surface area is 178 Å². The summed E-state index contributed by atoms with van der Waals surface area (Å²) in [5.74, 6) is 1.33. The van der Waals surface area contributed by atoms with Crippen molar-refractivity contribution in [1.29, 1.82) is 5.26 Å². The molecular weight excluding hydrogens is 393 g/mol. The minimum atomic E-state index is 0.514. The highest BCUT2D eigenvalue weighted by Gasteiger charge is 2.17. The van der Waals surface area contributed by atoms with E-state index in [1.807, 2.05) is 6.07 Å². The first-order valence-electron chi connectivity index (χ1n) is 9.31. The number of aromatic nitrogens is 1. The zero-order chi connectivity index (χ0) is 20.5. The third-order valence-electron chi connectivity index (χ3n) is 3.91. The summed E-state index contributed by atoms with van der Waals surface area (Å²) < 4.78 is 0. The van der Waals surface area contributed by atoms with Crippen LogP contribution >= 0.6 is 23.2 Å². The molecule has 152 valence electrons. The Morgan fingerprint density at radius 1 is 1.18 bits per heavy atom. The molecule has 2 N–H and O–H groups in total. The number of halogens is 2. The lowest BCUT2D eigenvalue weighted by Gasteiger charge is -2.31. The zero-order valence-electron chi connectivity index (χ0n) is 16.3. The molecule has 0 bridgehead atoms. The molecule has 7 heteroatoms. The number of alkyl halides is 2. The third kappa shape index (κ3) is 11.2. The minimum absolute atomic E-state index is 0.514. The van der Waals surface area contributed by atoms with Gasteiger partial charge in [-0.3, -0.25) is 4.98 Å². The zero-order valence-corrected chi connectivity index (χ0v) is 17.8. The number of nitrogens with zero attached hydrogens (tertiary/aromatic N) is 3. The predicted molar refractivity (Wildman–Crippen MR) is 118 cm³/mol. The molecular formula is C21H29Cl2N5. The molecule has 0 aliphatic carbocycles. The predicted octanol–water partition coefficient (Wildman–Crippen LogP) is 3.27. The van der Waals surface area contributed by atoms with Crippen LogP contribution in [0.1, 0.15) is 17.2 Å². The van der Waals surface area contributed by atoms with Crippen molar-refractivity contribution in [3.63, 3.8) is 0 Å². The van der Waals surface area contributed by atoms with Crippen LogP contribution < -0.4 is 10.6 Å². The van der Waals surface area contributed by atoms with Crippen molar-refractivity contribution in [2.75, 3.05) is 51.5 Å². The molecule has 1 fully saturated rings. The fraction of sp³-hybridized carbons (Fsp3) is 0.429. The fourth-order valence-electron chi connectivity index (χ4n) is 2.49. The van der Waals surface area contributed by atoms with Gasteiger partial charge in [0, 0.05) is 62.9 Å². The number of nitriles is 1. The smallest absolute Gasteiger partial charge is 0.101 e. The average Bonchev–Trinajstić information content (AvgIpc) is 2.76. The molecule has 1 aliphatic rings. The van der Waals surface area contributed by atoms with Gasteiger partial charge in [0.25, 0.3) is 0 Å². The van der Waals surface area contributed by atoms with Crippen LogP contribution in [-0.2, 0) is 0 Å². The van der Waals surface area contributed by atoms with E-state index >= 15 is 0 Å². The molecule has 1 atom stereocenters. The summed E-state index contributed by atoms with van der Waals surface area (Å²) in [5.41, 5.74) is 2.00. The van der Waals surface area contributed by atoms with Crippen molar-refractivity contribution in [3.8, 4) is 6.07 Å². The first-order chi connectivity index (χ1) is 13.7. The molecule has 1 aliphatic heterocycles. The first kappa shape index (κ1) is 24.4. The van der Waals surface area contributed by atoms with E-state index in [1.165, 1.54) is 11.8 Å². The molecule has 3 rings (SSSR count). The summed E-state index contributed by atoms with van der Waals surface area (Å²) in [5, 5.41) is 14.8. The second-order valence-electron chi connectivity index (χ2n) is 6.16. The van der Waals surface area contributed by atoms with E-state index in [1.54, 1.807) is 18.3 Å². The van der Waals surface area contributed by atoms with Crippen molar-refractivity contribution in [2.45, 2.75) is 6.04 Å². The molecule has 2 heterocycles. The molecule has 1 aromatic carbocycles. The van der Waals surface area contributed by atoms with Gasteiger partial charge >= 0.3 is 0 Å². The van der Waals surface area contributed by atoms with Gasteiger partial charge in [0.2, 0.25) is 0 Å². The maximum Gasteiger partial charge on any atom is 0.101 e. The quantitative estimate of drug-likeness (QED) is 0.572. The monoisotopic (exact) mass is 421 g/mol. The van der Waals surface area contributed by atoms with Crippen LogP contribution in [0.5, 0.6) is 0 Å². The van der Waals surface area contributed by atoms with Crippen molar-refractivity contribution >= 4 is 23.2 Å². The fourth-order valence-corrected chi connectivity index (χ4v) is 2.76. The Balaban J connectivity index is 0.000000227. The summed E-state index contributed by atoms with van der Waals surface area (Å²) in [6.07, 6.45) is 3.17. The summed E-state index contributed by atoms with van der Waals surface area (Å²) in [6, 6.07) is 16.6. The molecule has 2 aromatic rings. The molecule has 0 saturated carbocycles. The Hall–Kier alpha value is -1.68. The number of hydrogen-bond acceptors (Lipinski definition) is 5. The third-order valence-corrected chi connectivity index (χ3v) is 4.29. The van der Waals surface area contributed by atoms with Crippen molar-refractivity contribution in [1.82, 2.24) is 20.5 Å². The number of rotatable bonds is 5. The van der Waals surface area contributed by atoms with Gasteiger partial charge in [-0.05, 0) is 24.7 Å². The summed E-state index contributed by atoms with van der Waals surface area (Å²) >= 11 is 10.7. The van der Waals surface area contributed by atoms with E-state index in [4.69, 9.17) is 28.5 Å². The van der Waals surface area contributed by atoms with E-state index in [-0.39, 0.29) is 0 Å². The Kier molecular flexibility index (Phi) is 14.2. The SMILES string of the molecule is CN1CCNC(c2ccccc2)C1.ClCCNCCCl.N#Cc1cccnc1.